The number of hydrogen-bond acceptors (Lipinski definition) is 1. The standard InChI is InChI=1S/C25H18O.C4H10.C2H5.CH3.2Y/c1-25(2)21-17-9-5-3-7-15(17)11-13-19(21)24-22(25)20-14-12-16-8-4-6-10-18(16)23(20)26-24;1-3-4-2;1-2;;;/h3-14H,1-2H3;3-4H2,1-2H3;1H2,2H3;1H3;;/q;;2*-1;;. The molecule has 1 aliphatic rings. The molecule has 0 bridgehead atoms. The molecule has 0 N–H and O–H groups in total. The summed E-state index contributed by atoms with van der Waals surface area (Å²) >= 11 is 0. The van der Waals surface area contributed by atoms with Gasteiger partial charge in [-0.1, -0.05) is 113 Å². The van der Waals surface area contributed by atoms with Crippen molar-refractivity contribution in [3.05, 3.63) is 98.3 Å². The van der Waals surface area contributed by atoms with Gasteiger partial charge in [0, 0.05) is 92.7 Å². The third kappa shape index (κ3) is 5.55. The maximum Gasteiger partial charge on any atom is 0.142 e. The van der Waals surface area contributed by atoms with E-state index in [1.165, 1.54) is 56.5 Å². The molecule has 0 saturated heterocycles. The van der Waals surface area contributed by atoms with Crippen molar-refractivity contribution in [2.24, 2.45) is 0 Å². The molecule has 1 aliphatic carbocycles. The Bertz CT molecular complexity index is 1390. The summed E-state index contributed by atoms with van der Waals surface area (Å²) in [6.45, 7) is 14.0. The molecule has 0 spiro atoms. The second kappa shape index (κ2) is 13.6. The van der Waals surface area contributed by atoms with Crippen LogP contribution < -0.4 is 0 Å². The molecule has 0 aliphatic heterocycles. The maximum absolute atomic E-state index is 6.53. The van der Waals surface area contributed by atoms with E-state index in [4.69, 9.17) is 4.42 Å². The quantitative estimate of drug-likeness (QED) is 0.171. The van der Waals surface area contributed by atoms with E-state index in [9.17, 15) is 0 Å². The first-order chi connectivity index (χ1) is 15.6. The molecule has 35 heavy (non-hydrogen) atoms. The molecule has 2 radical (unpaired) electrons. The largest absolute Gasteiger partial charge is 0.455 e. The molecule has 1 aromatic heterocycles. The van der Waals surface area contributed by atoms with Gasteiger partial charge in [-0.05, 0) is 21.7 Å². The van der Waals surface area contributed by atoms with E-state index in [1.54, 1.807) is 6.92 Å². The fraction of sp³-hybridized carbons (Fsp3) is 0.250. The van der Waals surface area contributed by atoms with Crippen molar-refractivity contribution in [2.45, 2.75) is 52.9 Å². The van der Waals surface area contributed by atoms with Crippen molar-refractivity contribution in [3.8, 4) is 11.3 Å². The number of unbranched alkanes of at least 4 members (excludes halogenated alkanes) is 1. The van der Waals surface area contributed by atoms with Crippen LogP contribution in [0.15, 0.2) is 77.2 Å². The molecule has 5 aromatic rings. The second-order valence-corrected chi connectivity index (χ2v) is 8.80. The molecule has 0 atom stereocenters. The first-order valence-corrected chi connectivity index (χ1v) is 11.8. The van der Waals surface area contributed by atoms with E-state index in [2.05, 4.69) is 107 Å². The monoisotopic (exact) mass is 614 g/mol. The Morgan fingerprint density at radius 2 is 1.17 bits per heavy atom. The molecule has 4 aromatic carbocycles. The van der Waals surface area contributed by atoms with Crippen LogP contribution in [0.3, 0.4) is 0 Å². The molecule has 178 valence electrons. The average Bonchev–Trinajstić information content (AvgIpc) is 3.35. The predicted octanol–water partition coefficient (Wildman–Crippen LogP) is 10.1. The van der Waals surface area contributed by atoms with E-state index in [0.717, 1.165) is 11.3 Å². The van der Waals surface area contributed by atoms with Gasteiger partial charge >= 0.3 is 0 Å². The van der Waals surface area contributed by atoms with E-state index >= 15 is 0 Å². The Balaban J connectivity index is 0.000000625. The van der Waals surface area contributed by atoms with Crippen LogP contribution in [-0.2, 0) is 70.8 Å². The minimum absolute atomic E-state index is 0. The number of benzene rings is 4. The molecular formula is C32H36OY2-2. The van der Waals surface area contributed by atoms with Crippen molar-refractivity contribution in [3.63, 3.8) is 0 Å². The number of hydrogen-bond donors (Lipinski definition) is 0. The SMILES string of the molecule is CC1(C)c2c(ccc3ccccc23)-c2oc3c(ccc4ccccc43)c21.CCCC.[CH2-]C.[CH3-].[Y].[Y]. The summed E-state index contributed by atoms with van der Waals surface area (Å²) in [4.78, 5) is 0. The van der Waals surface area contributed by atoms with Gasteiger partial charge in [-0.2, -0.15) is 6.92 Å². The van der Waals surface area contributed by atoms with Crippen LogP contribution in [0.2, 0.25) is 0 Å². The topological polar surface area (TPSA) is 13.1 Å². The van der Waals surface area contributed by atoms with Crippen LogP contribution in [0.5, 0.6) is 0 Å². The Morgan fingerprint density at radius 1 is 0.657 bits per heavy atom. The third-order valence-electron chi connectivity index (χ3n) is 6.50. The summed E-state index contributed by atoms with van der Waals surface area (Å²) in [5.41, 5.74) is 4.88. The Hall–Kier alpha value is -0.852. The van der Waals surface area contributed by atoms with Crippen molar-refractivity contribution in [1.29, 1.82) is 0 Å². The van der Waals surface area contributed by atoms with Gasteiger partial charge in [-0.15, -0.1) is 0 Å². The normalized spacial score (nSPS) is 12.1. The van der Waals surface area contributed by atoms with Crippen molar-refractivity contribution in [2.75, 3.05) is 0 Å². The zero-order valence-electron chi connectivity index (χ0n) is 22.1. The summed E-state index contributed by atoms with van der Waals surface area (Å²) < 4.78 is 6.53. The number of fused-ring (bicyclic) bond motifs is 9. The van der Waals surface area contributed by atoms with Crippen LogP contribution in [0.4, 0.5) is 0 Å². The van der Waals surface area contributed by atoms with E-state index in [0.29, 0.717) is 0 Å². The van der Waals surface area contributed by atoms with E-state index in [-0.39, 0.29) is 78.3 Å². The van der Waals surface area contributed by atoms with Crippen LogP contribution in [0, 0.1) is 14.4 Å². The second-order valence-electron chi connectivity index (χ2n) is 8.80. The molecule has 0 fully saturated rings. The third-order valence-corrected chi connectivity index (χ3v) is 6.50. The number of furan rings is 1. The summed E-state index contributed by atoms with van der Waals surface area (Å²) in [6.07, 6.45) is 2.64. The zero-order chi connectivity index (χ0) is 22.9. The summed E-state index contributed by atoms with van der Waals surface area (Å²) in [6, 6.07) is 26.0. The summed E-state index contributed by atoms with van der Waals surface area (Å²) in [5, 5.41) is 6.28. The minimum atomic E-state index is -0.0841. The molecule has 6 rings (SSSR count). The van der Waals surface area contributed by atoms with Gasteiger partial charge in [-0.25, -0.2) is 0 Å². The Morgan fingerprint density at radius 3 is 1.77 bits per heavy atom. The zero-order valence-corrected chi connectivity index (χ0v) is 27.8. The van der Waals surface area contributed by atoms with Crippen LogP contribution in [0.25, 0.3) is 43.8 Å². The van der Waals surface area contributed by atoms with Gasteiger partial charge in [0.1, 0.15) is 11.3 Å². The fourth-order valence-electron chi connectivity index (χ4n) is 4.89. The molecule has 0 unspecified atom stereocenters. The van der Waals surface area contributed by atoms with Gasteiger partial charge in [0.25, 0.3) is 0 Å². The van der Waals surface area contributed by atoms with Gasteiger partial charge in [0.05, 0.1) is 0 Å². The number of rotatable bonds is 1. The van der Waals surface area contributed by atoms with Crippen LogP contribution in [0.1, 0.15) is 58.6 Å². The van der Waals surface area contributed by atoms with E-state index < -0.39 is 0 Å². The first-order valence-electron chi connectivity index (χ1n) is 11.8. The molecule has 1 nitrogen and oxygen atoms in total. The van der Waals surface area contributed by atoms with Crippen LogP contribution >= 0.6 is 0 Å². The Kier molecular flexibility index (Phi) is 12.5. The van der Waals surface area contributed by atoms with Crippen molar-refractivity contribution >= 4 is 32.5 Å². The van der Waals surface area contributed by atoms with E-state index in [1.807, 2.05) is 0 Å². The van der Waals surface area contributed by atoms with Gasteiger partial charge < -0.3 is 18.8 Å². The molecule has 1 heterocycles. The minimum Gasteiger partial charge on any atom is -0.455 e. The van der Waals surface area contributed by atoms with Gasteiger partial charge in [0.2, 0.25) is 0 Å². The summed E-state index contributed by atoms with van der Waals surface area (Å²) in [7, 11) is 0. The molecule has 0 saturated carbocycles. The van der Waals surface area contributed by atoms with Gasteiger partial charge in [0.15, 0.2) is 0 Å². The molecular weight excluding hydrogens is 578 g/mol. The smallest absolute Gasteiger partial charge is 0.142 e. The predicted molar refractivity (Wildman–Crippen MR) is 147 cm³/mol. The molecule has 0 amide bonds. The summed E-state index contributed by atoms with van der Waals surface area (Å²) in [5.74, 6) is 1.04. The Labute approximate surface area is 262 Å². The van der Waals surface area contributed by atoms with Crippen LogP contribution in [-0.4, -0.2) is 0 Å². The van der Waals surface area contributed by atoms with Crippen molar-refractivity contribution in [1.82, 2.24) is 0 Å². The first kappa shape index (κ1) is 32.2. The average molecular weight is 614 g/mol. The van der Waals surface area contributed by atoms with Gasteiger partial charge in [-0.3, -0.25) is 0 Å². The fourth-order valence-corrected chi connectivity index (χ4v) is 4.89. The molecule has 3 heteroatoms. The maximum atomic E-state index is 6.53. The van der Waals surface area contributed by atoms with Crippen molar-refractivity contribution < 1.29 is 69.8 Å².